The van der Waals surface area contributed by atoms with Crippen molar-refractivity contribution >= 4 is 28.2 Å². The minimum absolute atomic E-state index is 0.109. The first-order valence-electron chi connectivity index (χ1n) is 12.7. The number of hydrogen-bond donors (Lipinski definition) is 1. The van der Waals surface area contributed by atoms with Gasteiger partial charge in [0.05, 0.1) is 11.1 Å². The second-order valence-electron chi connectivity index (χ2n) is 11.0. The molecule has 0 spiro atoms. The molecule has 1 N–H and O–H groups in total. The fraction of sp³-hybridized carbons (Fsp3) is 0.429. The summed E-state index contributed by atoms with van der Waals surface area (Å²) in [5.41, 5.74) is 5.60. The maximum absolute atomic E-state index is 13.6. The number of benzene rings is 2. The molecule has 3 heterocycles. The Labute approximate surface area is 222 Å². The van der Waals surface area contributed by atoms with Crippen molar-refractivity contribution in [3.8, 4) is 0 Å². The molecule has 0 bridgehead atoms. The van der Waals surface area contributed by atoms with Crippen molar-refractivity contribution in [3.05, 3.63) is 79.9 Å². The molecule has 1 aliphatic heterocycles. The van der Waals surface area contributed by atoms with E-state index >= 15 is 0 Å². The highest BCUT2D eigenvalue weighted by molar-refractivity contribution is 6.30. The van der Waals surface area contributed by atoms with Gasteiger partial charge in [0.25, 0.3) is 5.56 Å². The zero-order valence-corrected chi connectivity index (χ0v) is 23.1. The number of H-pyrrole nitrogens is 1. The van der Waals surface area contributed by atoms with E-state index < -0.39 is 0 Å². The molecule has 5 rings (SSSR count). The molecule has 2 aromatic carbocycles. The minimum atomic E-state index is -0.384. The Hall–Kier alpha value is -3.23. The second kappa shape index (κ2) is 9.58. The fourth-order valence-electron chi connectivity index (χ4n) is 5.28. The first-order chi connectivity index (χ1) is 17.5. The van der Waals surface area contributed by atoms with Crippen LogP contribution in [0, 0.1) is 20.8 Å². The lowest BCUT2D eigenvalue weighted by Gasteiger charge is -2.40. The number of nitrogens with zero attached hydrogens (tertiary/aromatic N) is 6. The average molecular weight is 520 g/mol. The van der Waals surface area contributed by atoms with E-state index in [0.29, 0.717) is 11.4 Å². The Morgan fingerprint density at radius 3 is 2.32 bits per heavy atom. The number of aromatic nitrogens is 5. The molecule has 37 heavy (non-hydrogen) atoms. The Balaban J connectivity index is 1.59. The number of rotatable bonds is 4. The van der Waals surface area contributed by atoms with Gasteiger partial charge in [0.15, 0.2) is 5.82 Å². The molecule has 0 amide bonds. The highest BCUT2D eigenvalue weighted by Crippen LogP contribution is 2.33. The first kappa shape index (κ1) is 25.4. The molecule has 2 aromatic heterocycles. The van der Waals surface area contributed by atoms with Gasteiger partial charge in [-0.2, -0.15) is 0 Å². The van der Waals surface area contributed by atoms with Crippen LogP contribution >= 0.6 is 11.6 Å². The highest BCUT2D eigenvalue weighted by Gasteiger charge is 2.35. The number of aromatic amines is 1. The van der Waals surface area contributed by atoms with Crippen molar-refractivity contribution in [2.24, 2.45) is 0 Å². The third kappa shape index (κ3) is 4.76. The summed E-state index contributed by atoms with van der Waals surface area (Å²) in [7, 11) is 0. The number of anilines is 1. The van der Waals surface area contributed by atoms with Crippen LogP contribution in [0.4, 0.5) is 5.69 Å². The van der Waals surface area contributed by atoms with Gasteiger partial charge >= 0.3 is 0 Å². The van der Waals surface area contributed by atoms with Gasteiger partial charge in [-0.15, -0.1) is 5.10 Å². The van der Waals surface area contributed by atoms with Gasteiger partial charge in [-0.05, 0) is 86.9 Å². The van der Waals surface area contributed by atoms with Crippen LogP contribution in [0.1, 0.15) is 54.9 Å². The Morgan fingerprint density at radius 2 is 1.62 bits per heavy atom. The van der Waals surface area contributed by atoms with E-state index in [-0.39, 0.29) is 17.1 Å². The normalized spacial score (nSPS) is 15.9. The number of aryl methyl sites for hydroxylation is 3. The average Bonchev–Trinajstić information content (AvgIpc) is 3.35. The zero-order valence-electron chi connectivity index (χ0n) is 22.3. The van der Waals surface area contributed by atoms with Gasteiger partial charge in [-0.3, -0.25) is 9.69 Å². The van der Waals surface area contributed by atoms with Crippen LogP contribution in [-0.2, 0) is 5.54 Å². The van der Waals surface area contributed by atoms with Crippen LogP contribution in [0.5, 0.6) is 0 Å². The lowest BCUT2D eigenvalue weighted by Crippen LogP contribution is -2.49. The van der Waals surface area contributed by atoms with Crippen molar-refractivity contribution in [2.45, 2.75) is 53.1 Å². The van der Waals surface area contributed by atoms with Crippen LogP contribution < -0.4 is 10.5 Å². The third-order valence-electron chi connectivity index (χ3n) is 7.33. The Bertz CT molecular complexity index is 1510. The van der Waals surface area contributed by atoms with Crippen LogP contribution in [0.25, 0.3) is 10.9 Å². The van der Waals surface area contributed by atoms with Crippen molar-refractivity contribution in [3.63, 3.8) is 0 Å². The van der Waals surface area contributed by atoms with E-state index in [0.717, 1.165) is 58.9 Å². The minimum Gasteiger partial charge on any atom is -0.369 e. The van der Waals surface area contributed by atoms with Gasteiger partial charge in [0.2, 0.25) is 0 Å². The number of fused-ring (bicyclic) bond motifs is 1. The predicted molar refractivity (Wildman–Crippen MR) is 149 cm³/mol. The molecule has 0 radical (unpaired) electrons. The summed E-state index contributed by atoms with van der Waals surface area (Å²) in [6.07, 6.45) is 0. The zero-order chi connectivity index (χ0) is 26.5. The van der Waals surface area contributed by atoms with E-state index in [9.17, 15) is 4.79 Å². The van der Waals surface area contributed by atoms with Crippen LogP contribution in [0.15, 0.2) is 41.2 Å². The van der Waals surface area contributed by atoms with Crippen LogP contribution in [-0.4, -0.2) is 56.3 Å². The number of hydrogen-bond acceptors (Lipinski definition) is 6. The van der Waals surface area contributed by atoms with Gasteiger partial charge in [0.1, 0.15) is 6.04 Å². The van der Waals surface area contributed by atoms with Gasteiger partial charge < -0.3 is 9.88 Å². The largest absolute Gasteiger partial charge is 0.369 e. The number of pyridine rings is 1. The standard InChI is InChI=1S/C28H34ClN7O/c1-17-7-8-19(3)24-21(17)16-22(27(37)30-24)25(26-31-32-33-36(26)28(4,5)6)35-13-11-34(12-14-35)23-15-20(29)10-9-18(23)2/h7-10,15-16,25H,11-14H2,1-6H3,(H,30,37). The molecule has 1 fully saturated rings. The van der Waals surface area contributed by atoms with Gasteiger partial charge in [0, 0.05) is 47.8 Å². The molecule has 1 atom stereocenters. The van der Waals surface area contributed by atoms with Crippen LogP contribution in [0.2, 0.25) is 5.02 Å². The molecular formula is C28H34ClN7O. The molecule has 1 saturated heterocycles. The van der Waals surface area contributed by atoms with Gasteiger partial charge in [-0.1, -0.05) is 29.8 Å². The molecule has 4 aromatic rings. The molecule has 0 saturated carbocycles. The fourth-order valence-corrected chi connectivity index (χ4v) is 5.45. The number of piperazine rings is 1. The van der Waals surface area contributed by atoms with Crippen molar-refractivity contribution in [2.75, 3.05) is 31.1 Å². The molecule has 9 heteroatoms. The monoisotopic (exact) mass is 519 g/mol. The molecule has 0 aliphatic carbocycles. The second-order valence-corrected chi connectivity index (χ2v) is 11.5. The number of tetrazole rings is 1. The summed E-state index contributed by atoms with van der Waals surface area (Å²) in [5, 5.41) is 14.6. The Kier molecular flexibility index (Phi) is 6.58. The number of nitrogens with one attached hydrogen (secondary N) is 1. The lowest BCUT2D eigenvalue weighted by atomic mass is 9.98. The number of halogens is 1. The van der Waals surface area contributed by atoms with E-state index in [1.54, 1.807) is 0 Å². The maximum atomic E-state index is 13.6. The SMILES string of the molecule is Cc1ccc(Cl)cc1N1CCN(C(c2cc3c(C)ccc(C)c3[nH]c2=O)c2nnnn2C(C)(C)C)CC1. The molecular weight excluding hydrogens is 486 g/mol. The topological polar surface area (TPSA) is 82.9 Å². The summed E-state index contributed by atoms with van der Waals surface area (Å²) in [4.78, 5) is 21.5. The van der Waals surface area contributed by atoms with E-state index in [1.165, 1.54) is 5.56 Å². The summed E-state index contributed by atoms with van der Waals surface area (Å²) in [5.74, 6) is 0.676. The quantitative estimate of drug-likeness (QED) is 0.418. The summed E-state index contributed by atoms with van der Waals surface area (Å²) in [6, 6.07) is 11.8. The van der Waals surface area contributed by atoms with Crippen LogP contribution in [0.3, 0.4) is 0 Å². The maximum Gasteiger partial charge on any atom is 0.253 e. The van der Waals surface area contributed by atoms with Crippen molar-refractivity contribution in [1.29, 1.82) is 0 Å². The predicted octanol–water partition coefficient (Wildman–Crippen LogP) is 4.76. The summed E-state index contributed by atoms with van der Waals surface area (Å²) in [6.45, 7) is 15.5. The molecule has 1 unspecified atom stereocenters. The Morgan fingerprint density at radius 1 is 0.946 bits per heavy atom. The lowest BCUT2D eigenvalue weighted by molar-refractivity contribution is 0.190. The molecule has 8 nitrogen and oxygen atoms in total. The van der Waals surface area contributed by atoms with E-state index in [4.69, 9.17) is 11.6 Å². The van der Waals surface area contributed by atoms with Gasteiger partial charge in [-0.25, -0.2) is 4.68 Å². The third-order valence-corrected chi connectivity index (χ3v) is 7.57. The molecule has 194 valence electrons. The summed E-state index contributed by atoms with van der Waals surface area (Å²) >= 11 is 6.31. The molecule has 1 aliphatic rings. The highest BCUT2D eigenvalue weighted by atomic mass is 35.5. The van der Waals surface area contributed by atoms with Crippen molar-refractivity contribution < 1.29 is 0 Å². The van der Waals surface area contributed by atoms with E-state index in [2.05, 4.69) is 77.1 Å². The summed E-state index contributed by atoms with van der Waals surface area (Å²) < 4.78 is 1.85. The smallest absolute Gasteiger partial charge is 0.253 e. The first-order valence-corrected chi connectivity index (χ1v) is 13.1. The van der Waals surface area contributed by atoms with Crippen molar-refractivity contribution in [1.82, 2.24) is 30.1 Å². The van der Waals surface area contributed by atoms with E-state index in [1.807, 2.05) is 35.9 Å².